The second kappa shape index (κ2) is 4.33. The van der Waals surface area contributed by atoms with Crippen molar-refractivity contribution in [2.45, 2.75) is 19.2 Å². The molecule has 0 N–H and O–H groups in total. The van der Waals surface area contributed by atoms with Crippen molar-refractivity contribution in [3.63, 3.8) is 0 Å². The van der Waals surface area contributed by atoms with E-state index in [9.17, 15) is 23.3 Å². The van der Waals surface area contributed by atoms with Gasteiger partial charge in [-0.3, -0.25) is 10.1 Å². The zero-order chi connectivity index (χ0) is 12.3. The second-order valence-corrected chi connectivity index (χ2v) is 3.00. The van der Waals surface area contributed by atoms with Crippen LogP contribution in [-0.2, 0) is 0 Å². The Kier molecular flexibility index (Phi) is 3.31. The Morgan fingerprint density at radius 2 is 2.19 bits per heavy atom. The van der Waals surface area contributed by atoms with Crippen molar-refractivity contribution in [1.29, 1.82) is 0 Å². The standard InChI is InChI=1S/C8H7F3N2O3/c1-8(11,7(9)10)16-6-3-2-5(4-12-6)13(14)15/h2-4,7H,1H3/t8-/m1/s1. The first-order chi connectivity index (χ1) is 7.33. The zero-order valence-electron chi connectivity index (χ0n) is 8.06. The molecule has 1 atom stereocenters. The van der Waals surface area contributed by atoms with Gasteiger partial charge in [-0.2, -0.15) is 4.39 Å². The fourth-order valence-electron chi connectivity index (χ4n) is 0.790. The van der Waals surface area contributed by atoms with Gasteiger partial charge in [0.1, 0.15) is 6.20 Å². The van der Waals surface area contributed by atoms with E-state index in [0.29, 0.717) is 6.92 Å². The summed E-state index contributed by atoms with van der Waals surface area (Å²) in [6, 6.07) is 1.92. The van der Waals surface area contributed by atoms with Crippen LogP contribution in [0, 0.1) is 10.1 Å². The number of nitrogens with zero attached hydrogens (tertiary/aromatic N) is 2. The number of aromatic nitrogens is 1. The monoisotopic (exact) mass is 236 g/mol. The Bertz CT molecular complexity index is 381. The smallest absolute Gasteiger partial charge is 0.306 e. The Hall–Kier alpha value is -1.86. The number of pyridine rings is 1. The van der Waals surface area contributed by atoms with Gasteiger partial charge in [0.05, 0.1) is 4.92 Å². The average Bonchev–Trinajstić information content (AvgIpc) is 2.17. The molecule has 0 amide bonds. The van der Waals surface area contributed by atoms with E-state index >= 15 is 0 Å². The molecule has 1 aromatic rings. The Morgan fingerprint density at radius 1 is 1.56 bits per heavy atom. The number of rotatable bonds is 4. The number of alkyl halides is 3. The third kappa shape index (κ3) is 2.81. The molecular weight excluding hydrogens is 229 g/mol. The lowest BCUT2D eigenvalue weighted by molar-refractivity contribution is -0.385. The number of halogens is 3. The quantitative estimate of drug-likeness (QED) is 0.594. The average molecular weight is 236 g/mol. The van der Waals surface area contributed by atoms with Crippen LogP contribution in [0.15, 0.2) is 18.3 Å². The third-order valence-corrected chi connectivity index (χ3v) is 1.63. The molecule has 0 aliphatic carbocycles. The predicted octanol–water partition coefficient (Wildman–Crippen LogP) is 2.32. The lowest BCUT2D eigenvalue weighted by Gasteiger charge is -2.19. The van der Waals surface area contributed by atoms with Crippen LogP contribution in [0.25, 0.3) is 0 Å². The molecule has 1 rings (SSSR count). The maximum atomic E-state index is 13.0. The maximum absolute atomic E-state index is 13.0. The lowest BCUT2D eigenvalue weighted by atomic mass is 10.3. The highest BCUT2D eigenvalue weighted by Crippen LogP contribution is 2.24. The molecule has 0 fully saturated rings. The molecule has 0 aliphatic heterocycles. The van der Waals surface area contributed by atoms with Crippen molar-refractivity contribution < 1.29 is 22.8 Å². The molecule has 0 bridgehead atoms. The van der Waals surface area contributed by atoms with E-state index < -0.39 is 23.1 Å². The first-order valence-electron chi connectivity index (χ1n) is 4.09. The van der Waals surface area contributed by atoms with Crippen LogP contribution in [0.3, 0.4) is 0 Å². The molecule has 0 aromatic carbocycles. The Balaban J connectivity index is 2.80. The fourth-order valence-corrected chi connectivity index (χ4v) is 0.790. The second-order valence-electron chi connectivity index (χ2n) is 3.00. The molecule has 0 unspecified atom stereocenters. The molecule has 16 heavy (non-hydrogen) atoms. The predicted molar refractivity (Wildman–Crippen MR) is 47.0 cm³/mol. The summed E-state index contributed by atoms with van der Waals surface area (Å²) >= 11 is 0. The fraction of sp³-hybridized carbons (Fsp3) is 0.375. The minimum absolute atomic E-state index is 0.343. The SMILES string of the molecule is C[C@@](F)(Oc1ccc([N+](=O)[O-])cn1)C(F)F. The van der Waals surface area contributed by atoms with Crippen LogP contribution in [-0.4, -0.2) is 22.2 Å². The van der Waals surface area contributed by atoms with Gasteiger partial charge in [-0.05, 0) is 0 Å². The van der Waals surface area contributed by atoms with Gasteiger partial charge in [0.25, 0.3) is 5.69 Å². The minimum atomic E-state index is -3.34. The van der Waals surface area contributed by atoms with Gasteiger partial charge in [0.2, 0.25) is 5.88 Å². The molecule has 0 saturated heterocycles. The first kappa shape index (κ1) is 12.2. The molecule has 0 spiro atoms. The van der Waals surface area contributed by atoms with Gasteiger partial charge in [-0.25, -0.2) is 13.8 Å². The van der Waals surface area contributed by atoms with Crippen LogP contribution in [0.4, 0.5) is 18.9 Å². The van der Waals surface area contributed by atoms with Gasteiger partial charge >= 0.3 is 12.3 Å². The van der Waals surface area contributed by atoms with Crippen molar-refractivity contribution in [1.82, 2.24) is 4.98 Å². The lowest BCUT2D eigenvalue weighted by Crippen LogP contribution is -2.35. The summed E-state index contributed by atoms with van der Waals surface area (Å²) in [7, 11) is 0. The highest BCUT2D eigenvalue weighted by Gasteiger charge is 2.37. The van der Waals surface area contributed by atoms with Gasteiger partial charge in [-0.1, -0.05) is 0 Å². The largest absolute Gasteiger partial charge is 0.435 e. The van der Waals surface area contributed by atoms with Crippen LogP contribution in [0.1, 0.15) is 6.92 Å². The maximum Gasteiger partial charge on any atom is 0.306 e. The van der Waals surface area contributed by atoms with E-state index in [2.05, 4.69) is 9.72 Å². The molecule has 5 nitrogen and oxygen atoms in total. The van der Waals surface area contributed by atoms with Crippen LogP contribution in [0.5, 0.6) is 5.88 Å². The van der Waals surface area contributed by atoms with Crippen molar-refractivity contribution in [2.75, 3.05) is 0 Å². The normalized spacial score (nSPS) is 14.6. The summed E-state index contributed by atoms with van der Waals surface area (Å²) in [6.07, 6.45) is -2.55. The Labute approximate surface area is 88.0 Å². The van der Waals surface area contributed by atoms with Gasteiger partial charge in [-0.15, -0.1) is 0 Å². The van der Waals surface area contributed by atoms with E-state index in [1.165, 1.54) is 0 Å². The van der Waals surface area contributed by atoms with E-state index in [-0.39, 0.29) is 5.69 Å². The van der Waals surface area contributed by atoms with E-state index in [0.717, 1.165) is 18.3 Å². The molecule has 1 aromatic heterocycles. The molecule has 0 radical (unpaired) electrons. The molecule has 1 heterocycles. The van der Waals surface area contributed by atoms with Crippen molar-refractivity contribution >= 4 is 5.69 Å². The molecule has 88 valence electrons. The topological polar surface area (TPSA) is 65.3 Å². The number of hydrogen-bond acceptors (Lipinski definition) is 4. The molecule has 0 aliphatic rings. The van der Waals surface area contributed by atoms with Crippen LogP contribution in [0.2, 0.25) is 0 Å². The Morgan fingerprint density at radius 3 is 2.56 bits per heavy atom. The summed E-state index contributed by atoms with van der Waals surface area (Å²) in [5, 5.41) is 10.2. The first-order valence-corrected chi connectivity index (χ1v) is 4.09. The van der Waals surface area contributed by atoms with Crippen LogP contribution < -0.4 is 4.74 Å². The number of hydrogen-bond donors (Lipinski definition) is 0. The molecular formula is C8H7F3N2O3. The third-order valence-electron chi connectivity index (χ3n) is 1.63. The summed E-state index contributed by atoms with van der Waals surface area (Å²) in [5.74, 6) is -3.63. The van der Waals surface area contributed by atoms with Crippen molar-refractivity contribution in [2.24, 2.45) is 0 Å². The van der Waals surface area contributed by atoms with Gasteiger partial charge < -0.3 is 4.74 Å². The summed E-state index contributed by atoms with van der Waals surface area (Å²) in [4.78, 5) is 12.8. The highest BCUT2D eigenvalue weighted by molar-refractivity contribution is 5.29. The van der Waals surface area contributed by atoms with Crippen molar-refractivity contribution in [3.8, 4) is 5.88 Å². The van der Waals surface area contributed by atoms with E-state index in [1.54, 1.807) is 0 Å². The van der Waals surface area contributed by atoms with E-state index in [1.807, 2.05) is 0 Å². The summed E-state index contributed by atoms with van der Waals surface area (Å²) in [5.41, 5.74) is -0.343. The highest BCUT2D eigenvalue weighted by atomic mass is 19.3. The van der Waals surface area contributed by atoms with E-state index in [4.69, 9.17) is 0 Å². The molecule has 0 saturated carbocycles. The molecule has 8 heteroatoms. The van der Waals surface area contributed by atoms with Crippen LogP contribution >= 0.6 is 0 Å². The minimum Gasteiger partial charge on any atom is -0.435 e. The van der Waals surface area contributed by atoms with Gasteiger partial charge in [0, 0.05) is 19.1 Å². The van der Waals surface area contributed by atoms with Gasteiger partial charge in [0.15, 0.2) is 0 Å². The summed E-state index contributed by atoms with van der Waals surface area (Å²) < 4.78 is 41.4. The zero-order valence-corrected chi connectivity index (χ0v) is 8.06. The summed E-state index contributed by atoms with van der Waals surface area (Å²) in [6.45, 7) is 0.542. The number of nitro groups is 1. The van der Waals surface area contributed by atoms with Crippen molar-refractivity contribution in [3.05, 3.63) is 28.4 Å². The number of ether oxygens (including phenoxy) is 1.